The summed E-state index contributed by atoms with van der Waals surface area (Å²) in [6.07, 6.45) is 2.17. The van der Waals surface area contributed by atoms with E-state index in [-0.39, 0.29) is 24.9 Å². The summed E-state index contributed by atoms with van der Waals surface area (Å²) in [6, 6.07) is 7.74. The molecule has 5 nitrogen and oxygen atoms in total. The van der Waals surface area contributed by atoms with E-state index in [1.165, 1.54) is 0 Å². The van der Waals surface area contributed by atoms with Gasteiger partial charge in [0, 0.05) is 19.1 Å². The van der Waals surface area contributed by atoms with Crippen molar-refractivity contribution >= 4 is 18.3 Å². The lowest BCUT2D eigenvalue weighted by molar-refractivity contribution is -0.134. The summed E-state index contributed by atoms with van der Waals surface area (Å²) in [6.45, 7) is 4.26. The van der Waals surface area contributed by atoms with Crippen molar-refractivity contribution in [3.05, 3.63) is 24.3 Å². The Labute approximate surface area is 138 Å². The number of rotatable bonds is 6. The van der Waals surface area contributed by atoms with Gasteiger partial charge in [-0.1, -0.05) is 0 Å². The molecule has 1 aliphatic heterocycles. The number of ether oxygens (including phenoxy) is 2. The van der Waals surface area contributed by atoms with E-state index in [2.05, 4.69) is 5.32 Å². The Morgan fingerprint density at radius 1 is 1.27 bits per heavy atom. The van der Waals surface area contributed by atoms with Crippen LogP contribution in [0.25, 0.3) is 0 Å². The summed E-state index contributed by atoms with van der Waals surface area (Å²) < 4.78 is 10.9. The van der Waals surface area contributed by atoms with Gasteiger partial charge in [0.1, 0.15) is 11.5 Å². The molecule has 1 aromatic carbocycles. The molecule has 1 heterocycles. The molecule has 1 atom stereocenters. The van der Waals surface area contributed by atoms with E-state index in [9.17, 15) is 4.79 Å². The van der Waals surface area contributed by atoms with Gasteiger partial charge < -0.3 is 19.7 Å². The van der Waals surface area contributed by atoms with Gasteiger partial charge in [-0.2, -0.15) is 0 Å². The van der Waals surface area contributed by atoms with Crippen molar-refractivity contribution in [1.29, 1.82) is 0 Å². The van der Waals surface area contributed by atoms with Crippen molar-refractivity contribution in [3.8, 4) is 11.5 Å². The van der Waals surface area contributed by atoms with Gasteiger partial charge in [0.05, 0.1) is 6.61 Å². The molecule has 0 spiro atoms. The number of amides is 1. The number of carbonyl (C=O) groups is 1. The van der Waals surface area contributed by atoms with Gasteiger partial charge in [-0.3, -0.25) is 4.79 Å². The number of carbonyl (C=O) groups excluding carboxylic acids is 1. The average Bonchev–Trinajstić information content (AvgIpc) is 2.54. The summed E-state index contributed by atoms with van der Waals surface area (Å²) in [5.74, 6) is 1.54. The molecule has 0 bridgehead atoms. The van der Waals surface area contributed by atoms with Crippen LogP contribution in [0.2, 0.25) is 0 Å². The number of benzene rings is 1. The number of likely N-dealkylation sites (N-methyl/N-ethyl adjacent to an activating group) is 1. The van der Waals surface area contributed by atoms with Crippen LogP contribution in [0.15, 0.2) is 24.3 Å². The van der Waals surface area contributed by atoms with Crippen LogP contribution < -0.4 is 14.8 Å². The molecule has 1 N–H and O–H groups in total. The molecule has 1 aliphatic rings. The van der Waals surface area contributed by atoms with Gasteiger partial charge in [0.2, 0.25) is 0 Å². The van der Waals surface area contributed by atoms with Crippen molar-refractivity contribution in [2.75, 3.05) is 33.4 Å². The van der Waals surface area contributed by atoms with E-state index in [0.717, 1.165) is 31.7 Å². The maximum atomic E-state index is 12.2. The Kier molecular flexibility index (Phi) is 8.06. The smallest absolute Gasteiger partial charge is 0.260 e. The minimum Gasteiger partial charge on any atom is -0.494 e. The first-order chi connectivity index (χ1) is 10.2. The molecule has 0 aromatic heterocycles. The third-order valence-electron chi connectivity index (χ3n) is 3.68. The van der Waals surface area contributed by atoms with Crippen molar-refractivity contribution < 1.29 is 14.3 Å². The Morgan fingerprint density at radius 3 is 2.50 bits per heavy atom. The van der Waals surface area contributed by atoms with Crippen LogP contribution in [0.1, 0.15) is 19.8 Å². The molecule has 1 fully saturated rings. The van der Waals surface area contributed by atoms with Gasteiger partial charge in [0.25, 0.3) is 5.91 Å². The fourth-order valence-electron chi connectivity index (χ4n) is 2.47. The second-order valence-corrected chi connectivity index (χ2v) is 5.16. The van der Waals surface area contributed by atoms with Crippen molar-refractivity contribution in [2.45, 2.75) is 25.8 Å². The standard InChI is InChI=1S/C16H24N2O3.ClH/c1-3-20-14-6-8-15(9-7-14)21-12-16(19)18-10-4-5-13(11-18)17-2;/h6-9,13,17H,3-5,10-12H2,1-2H3;1H. The molecule has 0 aliphatic carbocycles. The predicted molar refractivity (Wildman–Crippen MR) is 89.0 cm³/mol. The summed E-state index contributed by atoms with van der Waals surface area (Å²) in [5.41, 5.74) is 0. The number of piperidine rings is 1. The van der Waals surface area contributed by atoms with E-state index in [1.807, 2.05) is 43.1 Å². The highest BCUT2D eigenvalue weighted by Crippen LogP contribution is 2.18. The fourth-order valence-corrected chi connectivity index (χ4v) is 2.47. The van der Waals surface area contributed by atoms with Crippen molar-refractivity contribution in [1.82, 2.24) is 10.2 Å². The second kappa shape index (κ2) is 9.54. The Balaban J connectivity index is 0.00000242. The predicted octanol–water partition coefficient (Wildman–Crippen LogP) is 2.10. The first-order valence-corrected chi connectivity index (χ1v) is 7.53. The van der Waals surface area contributed by atoms with Crippen molar-refractivity contribution in [2.24, 2.45) is 0 Å². The van der Waals surface area contributed by atoms with Gasteiger partial charge in [-0.25, -0.2) is 0 Å². The molecule has 22 heavy (non-hydrogen) atoms. The highest BCUT2D eigenvalue weighted by atomic mass is 35.5. The van der Waals surface area contributed by atoms with Gasteiger partial charge in [0.15, 0.2) is 6.61 Å². The molecular formula is C16H25ClN2O3. The van der Waals surface area contributed by atoms with Gasteiger partial charge >= 0.3 is 0 Å². The fraction of sp³-hybridized carbons (Fsp3) is 0.562. The minimum atomic E-state index is 0. The van der Waals surface area contributed by atoms with E-state index in [1.54, 1.807) is 0 Å². The van der Waals surface area contributed by atoms with Gasteiger partial charge in [-0.15, -0.1) is 12.4 Å². The third-order valence-corrected chi connectivity index (χ3v) is 3.68. The molecule has 1 saturated heterocycles. The lowest BCUT2D eigenvalue weighted by Crippen LogP contribution is -2.48. The van der Waals surface area contributed by atoms with E-state index < -0.39 is 0 Å². The maximum absolute atomic E-state index is 12.2. The molecule has 1 amide bonds. The number of hydrogen-bond acceptors (Lipinski definition) is 4. The number of halogens is 1. The Bertz CT molecular complexity index is 453. The van der Waals surface area contributed by atoms with Crippen LogP contribution in [0.3, 0.4) is 0 Å². The van der Waals surface area contributed by atoms with Crippen LogP contribution in [0.5, 0.6) is 11.5 Å². The zero-order valence-electron chi connectivity index (χ0n) is 13.2. The maximum Gasteiger partial charge on any atom is 0.260 e. The number of hydrogen-bond donors (Lipinski definition) is 1. The first kappa shape index (κ1) is 18.6. The normalized spacial score (nSPS) is 17.5. The largest absolute Gasteiger partial charge is 0.494 e. The monoisotopic (exact) mass is 328 g/mol. The van der Waals surface area contributed by atoms with E-state index >= 15 is 0 Å². The molecule has 0 radical (unpaired) electrons. The number of nitrogens with zero attached hydrogens (tertiary/aromatic N) is 1. The highest BCUT2D eigenvalue weighted by Gasteiger charge is 2.22. The molecule has 6 heteroatoms. The zero-order valence-corrected chi connectivity index (χ0v) is 14.0. The summed E-state index contributed by atoms with van der Waals surface area (Å²) >= 11 is 0. The Morgan fingerprint density at radius 2 is 1.91 bits per heavy atom. The minimum absolute atomic E-state index is 0. The summed E-state index contributed by atoms with van der Waals surface area (Å²) in [4.78, 5) is 14.0. The highest BCUT2D eigenvalue weighted by molar-refractivity contribution is 5.85. The van der Waals surface area contributed by atoms with Crippen molar-refractivity contribution in [3.63, 3.8) is 0 Å². The average molecular weight is 329 g/mol. The number of likely N-dealkylation sites (tertiary alicyclic amines) is 1. The second-order valence-electron chi connectivity index (χ2n) is 5.16. The molecule has 0 saturated carbocycles. The zero-order chi connectivity index (χ0) is 15.1. The van der Waals surface area contributed by atoms with Crippen LogP contribution in [0, 0.1) is 0 Å². The van der Waals surface area contributed by atoms with Crippen LogP contribution in [0.4, 0.5) is 0 Å². The molecular weight excluding hydrogens is 304 g/mol. The lowest BCUT2D eigenvalue weighted by atomic mass is 10.1. The van der Waals surface area contributed by atoms with Crippen LogP contribution >= 0.6 is 12.4 Å². The van der Waals surface area contributed by atoms with Crippen LogP contribution in [-0.4, -0.2) is 50.2 Å². The molecule has 124 valence electrons. The summed E-state index contributed by atoms with van der Waals surface area (Å²) in [5, 5.41) is 3.23. The topological polar surface area (TPSA) is 50.8 Å². The Hall–Kier alpha value is -1.46. The lowest BCUT2D eigenvalue weighted by Gasteiger charge is -2.32. The van der Waals surface area contributed by atoms with E-state index in [4.69, 9.17) is 9.47 Å². The molecule has 2 rings (SSSR count). The molecule has 1 unspecified atom stereocenters. The summed E-state index contributed by atoms with van der Waals surface area (Å²) in [7, 11) is 1.94. The van der Waals surface area contributed by atoms with Gasteiger partial charge in [-0.05, 0) is 51.1 Å². The van der Waals surface area contributed by atoms with E-state index in [0.29, 0.717) is 18.4 Å². The quantitative estimate of drug-likeness (QED) is 0.869. The molecule has 1 aromatic rings. The third kappa shape index (κ3) is 5.39. The van der Waals surface area contributed by atoms with Crippen LogP contribution in [-0.2, 0) is 4.79 Å². The number of nitrogens with one attached hydrogen (secondary N) is 1. The SMILES string of the molecule is CCOc1ccc(OCC(=O)N2CCCC(NC)C2)cc1.Cl. The first-order valence-electron chi connectivity index (χ1n) is 7.53.